The molecule has 0 saturated heterocycles. The Balaban J connectivity index is 1.44. The number of carbonyl (C=O) groups is 3. The fourth-order valence-electron chi connectivity index (χ4n) is 4.68. The molecule has 2 aromatic rings. The second-order valence-electron chi connectivity index (χ2n) is 9.35. The van der Waals surface area contributed by atoms with Crippen LogP contribution in [-0.4, -0.2) is 28.5 Å². The number of aromatic nitrogens is 1. The van der Waals surface area contributed by atoms with Crippen LogP contribution in [0.15, 0.2) is 18.2 Å². The van der Waals surface area contributed by atoms with Gasteiger partial charge in [-0.1, -0.05) is 30.9 Å². The van der Waals surface area contributed by atoms with Crippen LogP contribution in [0.3, 0.4) is 0 Å². The van der Waals surface area contributed by atoms with Crippen LogP contribution in [0.5, 0.6) is 0 Å². The zero-order valence-electron chi connectivity index (χ0n) is 18.3. The van der Waals surface area contributed by atoms with Crippen LogP contribution in [-0.2, 0) is 9.59 Å². The molecule has 1 aromatic heterocycles. The van der Waals surface area contributed by atoms with Crippen LogP contribution in [0.4, 0.5) is 4.39 Å². The predicted octanol–water partition coefficient (Wildman–Crippen LogP) is 5.11. The second-order valence-corrected chi connectivity index (χ2v) is 9.72. The summed E-state index contributed by atoms with van der Waals surface area (Å²) >= 11 is 6.00. The SMILES string of the molecule is N#CC(CC1CCCCC1=O)NC(=O)C(CC(=O)c1cc2ccc(F)c(Cl)c2[nH]1)CC1CC1. The Morgan fingerprint density at radius 2 is 2.03 bits per heavy atom. The highest BCUT2D eigenvalue weighted by molar-refractivity contribution is 6.35. The molecular formula is C25H27ClFN3O3. The van der Waals surface area contributed by atoms with Crippen molar-refractivity contribution in [1.29, 1.82) is 5.26 Å². The molecule has 8 heteroatoms. The molecular weight excluding hydrogens is 445 g/mol. The van der Waals surface area contributed by atoms with Gasteiger partial charge in [-0.3, -0.25) is 14.4 Å². The lowest BCUT2D eigenvalue weighted by Gasteiger charge is -2.24. The van der Waals surface area contributed by atoms with Crippen molar-refractivity contribution in [2.75, 3.05) is 0 Å². The molecule has 174 valence electrons. The molecule has 2 saturated carbocycles. The van der Waals surface area contributed by atoms with Gasteiger partial charge in [-0.2, -0.15) is 5.26 Å². The Morgan fingerprint density at radius 3 is 2.73 bits per heavy atom. The third-order valence-corrected chi connectivity index (χ3v) is 7.15. The Morgan fingerprint density at radius 1 is 1.24 bits per heavy atom. The number of nitrogens with zero attached hydrogens (tertiary/aromatic N) is 1. The number of benzene rings is 1. The normalized spacial score (nSPS) is 20.3. The van der Waals surface area contributed by atoms with E-state index in [1.54, 1.807) is 12.1 Å². The van der Waals surface area contributed by atoms with E-state index in [4.69, 9.17) is 11.6 Å². The molecule has 1 amide bonds. The van der Waals surface area contributed by atoms with Crippen LogP contribution < -0.4 is 5.32 Å². The van der Waals surface area contributed by atoms with E-state index >= 15 is 0 Å². The molecule has 1 aromatic carbocycles. The van der Waals surface area contributed by atoms with Gasteiger partial charge in [0, 0.05) is 30.1 Å². The van der Waals surface area contributed by atoms with E-state index in [-0.39, 0.29) is 40.5 Å². The van der Waals surface area contributed by atoms with Gasteiger partial charge in [0.15, 0.2) is 5.78 Å². The molecule has 0 radical (unpaired) electrons. The molecule has 3 atom stereocenters. The van der Waals surface area contributed by atoms with E-state index in [1.165, 1.54) is 6.07 Å². The largest absolute Gasteiger partial charge is 0.351 e. The molecule has 0 aliphatic heterocycles. The minimum absolute atomic E-state index is 0.0181. The fourth-order valence-corrected chi connectivity index (χ4v) is 4.90. The minimum atomic E-state index is -0.754. The van der Waals surface area contributed by atoms with Crippen molar-refractivity contribution in [2.24, 2.45) is 17.8 Å². The smallest absolute Gasteiger partial charge is 0.224 e. The van der Waals surface area contributed by atoms with Gasteiger partial charge >= 0.3 is 0 Å². The molecule has 2 fully saturated rings. The van der Waals surface area contributed by atoms with Gasteiger partial charge < -0.3 is 10.3 Å². The molecule has 33 heavy (non-hydrogen) atoms. The number of halogens is 2. The van der Waals surface area contributed by atoms with Gasteiger partial charge in [0.1, 0.15) is 22.7 Å². The summed E-state index contributed by atoms with van der Waals surface area (Å²) in [7, 11) is 0. The van der Waals surface area contributed by atoms with E-state index in [9.17, 15) is 24.0 Å². The lowest BCUT2D eigenvalue weighted by atomic mass is 9.83. The maximum absolute atomic E-state index is 13.7. The standard InChI is InChI=1S/C25H27ClFN3O3/c26-23-19(27)8-7-16-11-20(30-24(16)23)22(32)12-17(9-14-5-6-14)25(33)29-18(13-28)10-15-3-1-2-4-21(15)31/h7-8,11,14-15,17-18,30H,1-6,9-10,12H2,(H,29,33). The highest BCUT2D eigenvalue weighted by atomic mass is 35.5. The number of nitriles is 1. The van der Waals surface area contributed by atoms with Crippen LogP contribution in [0.2, 0.25) is 5.02 Å². The molecule has 6 nitrogen and oxygen atoms in total. The summed E-state index contributed by atoms with van der Waals surface area (Å²) in [6.07, 6.45) is 6.06. The Bertz CT molecular complexity index is 1120. The van der Waals surface area contributed by atoms with Crippen molar-refractivity contribution in [3.05, 3.63) is 34.7 Å². The summed E-state index contributed by atoms with van der Waals surface area (Å²) in [6, 6.07) is 5.76. The van der Waals surface area contributed by atoms with Crippen LogP contribution in [0.1, 0.15) is 68.3 Å². The number of hydrogen-bond donors (Lipinski definition) is 2. The number of rotatable bonds is 9. The minimum Gasteiger partial charge on any atom is -0.351 e. The molecule has 2 aliphatic carbocycles. The van der Waals surface area contributed by atoms with E-state index < -0.39 is 17.8 Å². The van der Waals surface area contributed by atoms with Crippen molar-refractivity contribution >= 4 is 40.0 Å². The average Bonchev–Trinajstić information content (AvgIpc) is 3.51. The maximum atomic E-state index is 13.7. The van der Waals surface area contributed by atoms with Gasteiger partial charge in [0.25, 0.3) is 0 Å². The number of carbonyl (C=O) groups excluding carboxylic acids is 3. The third kappa shape index (κ3) is 5.62. The molecule has 2 aliphatic rings. The molecule has 2 N–H and O–H groups in total. The highest BCUT2D eigenvalue weighted by Gasteiger charge is 2.33. The third-order valence-electron chi connectivity index (χ3n) is 6.78. The van der Waals surface area contributed by atoms with Crippen LogP contribution >= 0.6 is 11.6 Å². The van der Waals surface area contributed by atoms with E-state index in [1.807, 2.05) is 0 Å². The van der Waals surface area contributed by atoms with Crippen molar-refractivity contribution < 1.29 is 18.8 Å². The van der Waals surface area contributed by atoms with Crippen LogP contribution in [0.25, 0.3) is 10.9 Å². The summed E-state index contributed by atoms with van der Waals surface area (Å²) in [6.45, 7) is 0. The molecule has 4 rings (SSSR count). The van der Waals surface area contributed by atoms with Gasteiger partial charge in [-0.05, 0) is 49.8 Å². The maximum Gasteiger partial charge on any atom is 0.224 e. The number of aromatic amines is 1. The number of amides is 1. The number of Topliss-reactive ketones (excluding diaryl/α,β-unsaturated/α-hetero) is 2. The number of hydrogen-bond acceptors (Lipinski definition) is 4. The zero-order chi connectivity index (χ0) is 23.5. The lowest BCUT2D eigenvalue weighted by molar-refractivity contribution is -0.127. The first-order valence-electron chi connectivity index (χ1n) is 11.6. The van der Waals surface area contributed by atoms with Gasteiger partial charge in [0.2, 0.25) is 5.91 Å². The first-order valence-corrected chi connectivity index (χ1v) is 12.0. The van der Waals surface area contributed by atoms with E-state index in [0.29, 0.717) is 36.1 Å². The van der Waals surface area contributed by atoms with E-state index in [0.717, 1.165) is 32.1 Å². The number of nitrogens with one attached hydrogen (secondary N) is 2. The number of ketones is 2. The van der Waals surface area contributed by atoms with Gasteiger partial charge in [-0.15, -0.1) is 0 Å². The summed E-state index contributed by atoms with van der Waals surface area (Å²) in [5, 5.41) is 12.9. The predicted molar refractivity (Wildman–Crippen MR) is 122 cm³/mol. The fraction of sp³-hybridized carbons (Fsp3) is 0.520. The summed E-state index contributed by atoms with van der Waals surface area (Å²) in [5.41, 5.74) is 0.626. The first kappa shape index (κ1) is 23.4. The second kappa shape index (κ2) is 10.0. The topological polar surface area (TPSA) is 103 Å². The zero-order valence-corrected chi connectivity index (χ0v) is 19.1. The van der Waals surface area contributed by atoms with Crippen molar-refractivity contribution in [3.63, 3.8) is 0 Å². The molecule has 0 spiro atoms. The van der Waals surface area contributed by atoms with Crippen molar-refractivity contribution in [1.82, 2.24) is 10.3 Å². The summed E-state index contributed by atoms with van der Waals surface area (Å²) < 4.78 is 13.7. The Kier molecular flexibility index (Phi) is 7.14. The van der Waals surface area contributed by atoms with Gasteiger partial charge in [0.05, 0.1) is 17.3 Å². The Hall–Kier alpha value is -2.72. The monoisotopic (exact) mass is 471 g/mol. The number of fused-ring (bicyclic) bond motifs is 1. The van der Waals surface area contributed by atoms with Gasteiger partial charge in [-0.25, -0.2) is 4.39 Å². The highest BCUT2D eigenvalue weighted by Crippen LogP contribution is 2.37. The first-order chi connectivity index (χ1) is 15.9. The van der Waals surface area contributed by atoms with E-state index in [2.05, 4.69) is 16.4 Å². The molecule has 0 bridgehead atoms. The average molecular weight is 472 g/mol. The quantitative estimate of drug-likeness (QED) is 0.496. The van der Waals surface area contributed by atoms with Crippen molar-refractivity contribution in [3.8, 4) is 6.07 Å². The summed E-state index contributed by atoms with van der Waals surface area (Å²) in [5.74, 6) is -1.36. The molecule has 3 unspecified atom stereocenters. The summed E-state index contributed by atoms with van der Waals surface area (Å²) in [4.78, 5) is 41.1. The number of H-pyrrole nitrogens is 1. The van der Waals surface area contributed by atoms with Crippen LogP contribution in [0, 0.1) is 34.9 Å². The van der Waals surface area contributed by atoms with Crippen molar-refractivity contribution in [2.45, 2.75) is 63.8 Å². The molecule has 1 heterocycles. The lowest BCUT2D eigenvalue weighted by Crippen LogP contribution is -2.41. The Labute approximate surface area is 196 Å².